The fourth-order valence-corrected chi connectivity index (χ4v) is 3.81. The van der Waals surface area contributed by atoms with Crippen LogP contribution in [-0.2, 0) is 14.3 Å². The number of hydrogen-bond donors (Lipinski definition) is 2. The number of aliphatic hydroxyl groups is 1. The molecule has 1 aliphatic rings. The van der Waals surface area contributed by atoms with Gasteiger partial charge in [-0.2, -0.15) is 0 Å². The molecular formula is C16H22N2O6S. The Morgan fingerprint density at radius 3 is 2.36 bits per heavy atom. The van der Waals surface area contributed by atoms with Gasteiger partial charge in [-0.1, -0.05) is 0 Å². The predicted octanol–water partition coefficient (Wildman–Crippen LogP) is 1.02. The van der Waals surface area contributed by atoms with E-state index in [1.807, 2.05) is 4.90 Å². The van der Waals surface area contributed by atoms with Crippen LogP contribution in [0.25, 0.3) is 0 Å². The van der Waals surface area contributed by atoms with Crippen molar-refractivity contribution in [3.8, 4) is 0 Å². The first-order valence-electron chi connectivity index (χ1n) is 7.87. The van der Waals surface area contributed by atoms with E-state index in [9.17, 15) is 19.5 Å². The molecule has 0 bridgehead atoms. The number of piperidine rings is 1. The minimum absolute atomic E-state index is 0.151. The molecule has 1 fully saturated rings. The monoisotopic (exact) mass is 370 g/mol. The Labute approximate surface area is 149 Å². The van der Waals surface area contributed by atoms with Gasteiger partial charge < -0.3 is 19.9 Å². The van der Waals surface area contributed by atoms with E-state index in [0.717, 1.165) is 11.3 Å². The van der Waals surface area contributed by atoms with Crippen LogP contribution in [0.4, 0.5) is 5.00 Å². The summed E-state index contributed by atoms with van der Waals surface area (Å²) in [6.45, 7) is 3.03. The molecule has 0 radical (unpaired) electrons. The van der Waals surface area contributed by atoms with Gasteiger partial charge in [-0.05, 0) is 25.3 Å². The van der Waals surface area contributed by atoms with Gasteiger partial charge in [0.1, 0.15) is 9.88 Å². The second-order valence-electron chi connectivity index (χ2n) is 5.80. The lowest BCUT2D eigenvalue weighted by Gasteiger charge is -2.28. The summed E-state index contributed by atoms with van der Waals surface area (Å²) >= 11 is 0.987. The second-order valence-corrected chi connectivity index (χ2v) is 6.82. The molecular weight excluding hydrogens is 348 g/mol. The maximum absolute atomic E-state index is 12.3. The van der Waals surface area contributed by atoms with Gasteiger partial charge in [0.25, 0.3) is 0 Å². The number of methoxy groups -OCH3 is 2. The summed E-state index contributed by atoms with van der Waals surface area (Å²) in [6.07, 6.45) is 0.948. The van der Waals surface area contributed by atoms with Crippen LogP contribution in [0, 0.1) is 6.92 Å². The molecule has 0 unspecified atom stereocenters. The number of ether oxygens (including phenoxy) is 2. The second kappa shape index (κ2) is 8.41. The van der Waals surface area contributed by atoms with Gasteiger partial charge >= 0.3 is 11.9 Å². The summed E-state index contributed by atoms with van der Waals surface area (Å²) in [5.41, 5.74) is 0.579. The molecule has 0 saturated carbocycles. The fraction of sp³-hybridized carbons (Fsp3) is 0.562. The smallest absolute Gasteiger partial charge is 0.348 e. The first-order valence-corrected chi connectivity index (χ1v) is 8.69. The lowest BCUT2D eigenvalue weighted by molar-refractivity contribution is -0.117. The number of amides is 1. The third-order valence-electron chi connectivity index (χ3n) is 4.08. The number of hydrogen-bond acceptors (Lipinski definition) is 8. The van der Waals surface area contributed by atoms with E-state index in [1.165, 1.54) is 14.2 Å². The first kappa shape index (κ1) is 19.4. The van der Waals surface area contributed by atoms with E-state index in [4.69, 9.17) is 9.47 Å². The fourth-order valence-electron chi connectivity index (χ4n) is 2.68. The zero-order chi connectivity index (χ0) is 18.6. The average Bonchev–Trinajstić information content (AvgIpc) is 2.91. The van der Waals surface area contributed by atoms with Gasteiger partial charge in [0, 0.05) is 13.1 Å². The van der Waals surface area contributed by atoms with Gasteiger partial charge in [0.15, 0.2) is 0 Å². The standard InChI is InChI=1S/C16H22N2O6S/c1-9-12(15(21)23-2)14(25-13(9)16(22)24-3)17-11(20)8-18-6-4-10(19)5-7-18/h10,19H,4-8H2,1-3H3,(H,17,20). The molecule has 0 aliphatic carbocycles. The van der Waals surface area contributed by atoms with Crippen LogP contribution in [0.1, 0.15) is 38.4 Å². The molecule has 9 heteroatoms. The first-order chi connectivity index (χ1) is 11.9. The molecule has 0 aromatic carbocycles. The van der Waals surface area contributed by atoms with E-state index in [-0.39, 0.29) is 34.0 Å². The Hall–Kier alpha value is -1.97. The largest absolute Gasteiger partial charge is 0.465 e. The minimum atomic E-state index is -0.625. The highest BCUT2D eigenvalue weighted by atomic mass is 32.1. The van der Waals surface area contributed by atoms with Crippen LogP contribution in [0.3, 0.4) is 0 Å². The summed E-state index contributed by atoms with van der Waals surface area (Å²) in [7, 11) is 2.49. The third-order valence-corrected chi connectivity index (χ3v) is 5.27. The molecule has 2 rings (SSSR count). The number of carbonyl (C=O) groups is 3. The van der Waals surface area contributed by atoms with Crippen LogP contribution in [0.5, 0.6) is 0 Å². The van der Waals surface area contributed by atoms with E-state index in [0.29, 0.717) is 31.5 Å². The summed E-state index contributed by atoms with van der Waals surface area (Å²) in [4.78, 5) is 38.4. The quantitative estimate of drug-likeness (QED) is 0.746. The number of anilines is 1. The Balaban J connectivity index is 2.15. The molecule has 1 saturated heterocycles. The molecule has 0 spiro atoms. The molecule has 25 heavy (non-hydrogen) atoms. The van der Waals surface area contributed by atoms with Gasteiger partial charge in [-0.15, -0.1) is 11.3 Å². The van der Waals surface area contributed by atoms with Crippen molar-refractivity contribution in [2.75, 3.05) is 39.2 Å². The van der Waals surface area contributed by atoms with Crippen LogP contribution in [0.2, 0.25) is 0 Å². The summed E-state index contributed by atoms with van der Waals surface area (Å²) in [5.74, 6) is -1.49. The molecule has 1 amide bonds. The summed E-state index contributed by atoms with van der Waals surface area (Å²) < 4.78 is 9.46. The highest BCUT2D eigenvalue weighted by Crippen LogP contribution is 2.34. The molecule has 1 aromatic rings. The van der Waals surface area contributed by atoms with E-state index in [2.05, 4.69) is 5.32 Å². The summed E-state index contributed by atoms with van der Waals surface area (Å²) in [6, 6.07) is 0. The van der Waals surface area contributed by atoms with Gasteiger partial charge in [0.2, 0.25) is 5.91 Å². The summed E-state index contributed by atoms with van der Waals surface area (Å²) in [5, 5.41) is 12.5. The highest BCUT2D eigenvalue weighted by Gasteiger charge is 2.27. The van der Waals surface area contributed by atoms with Crippen LogP contribution in [-0.4, -0.2) is 67.8 Å². The van der Waals surface area contributed by atoms with Crippen molar-refractivity contribution in [1.82, 2.24) is 4.90 Å². The van der Waals surface area contributed by atoms with Crippen molar-refractivity contribution >= 4 is 34.2 Å². The lowest BCUT2D eigenvalue weighted by atomic mass is 10.1. The van der Waals surface area contributed by atoms with Gasteiger partial charge in [-0.3, -0.25) is 9.69 Å². The van der Waals surface area contributed by atoms with Crippen molar-refractivity contribution in [2.45, 2.75) is 25.9 Å². The number of aliphatic hydroxyl groups excluding tert-OH is 1. The van der Waals surface area contributed by atoms with Crippen molar-refractivity contribution in [2.24, 2.45) is 0 Å². The molecule has 0 atom stereocenters. The van der Waals surface area contributed by atoms with Gasteiger partial charge in [0.05, 0.1) is 32.4 Å². The SMILES string of the molecule is COC(=O)c1sc(NC(=O)CN2CCC(O)CC2)c(C(=O)OC)c1C. The number of carbonyl (C=O) groups excluding carboxylic acids is 3. The minimum Gasteiger partial charge on any atom is -0.465 e. The maximum Gasteiger partial charge on any atom is 0.348 e. The number of likely N-dealkylation sites (tertiary alicyclic amines) is 1. The van der Waals surface area contributed by atoms with Crippen molar-refractivity contribution in [3.63, 3.8) is 0 Å². The molecule has 2 N–H and O–H groups in total. The highest BCUT2D eigenvalue weighted by molar-refractivity contribution is 7.18. The number of rotatable bonds is 5. The molecule has 138 valence electrons. The lowest BCUT2D eigenvalue weighted by Crippen LogP contribution is -2.40. The molecule has 2 heterocycles. The Bertz CT molecular complexity index is 664. The van der Waals surface area contributed by atoms with Gasteiger partial charge in [-0.25, -0.2) is 9.59 Å². The maximum atomic E-state index is 12.3. The number of nitrogens with one attached hydrogen (secondary N) is 1. The Morgan fingerprint density at radius 2 is 1.80 bits per heavy atom. The van der Waals surface area contributed by atoms with Crippen molar-refractivity contribution in [3.05, 3.63) is 16.0 Å². The topological polar surface area (TPSA) is 105 Å². The zero-order valence-corrected chi connectivity index (χ0v) is 15.3. The normalized spacial score (nSPS) is 15.7. The van der Waals surface area contributed by atoms with Crippen molar-refractivity contribution < 1.29 is 29.0 Å². The third kappa shape index (κ3) is 4.56. The molecule has 1 aromatic heterocycles. The van der Waals surface area contributed by atoms with Crippen molar-refractivity contribution in [1.29, 1.82) is 0 Å². The van der Waals surface area contributed by atoms with Crippen LogP contribution in [0.15, 0.2) is 0 Å². The zero-order valence-electron chi connectivity index (χ0n) is 14.5. The molecule has 1 aliphatic heterocycles. The Kier molecular flexibility index (Phi) is 6.51. The van der Waals surface area contributed by atoms with E-state index in [1.54, 1.807) is 6.92 Å². The number of thiophene rings is 1. The van der Waals surface area contributed by atoms with Crippen LogP contribution >= 0.6 is 11.3 Å². The predicted molar refractivity (Wildman–Crippen MR) is 92.0 cm³/mol. The molecule has 8 nitrogen and oxygen atoms in total. The Morgan fingerprint density at radius 1 is 1.20 bits per heavy atom. The van der Waals surface area contributed by atoms with E-state index >= 15 is 0 Å². The number of esters is 2. The number of nitrogens with zero attached hydrogens (tertiary/aromatic N) is 1. The van der Waals surface area contributed by atoms with E-state index < -0.39 is 11.9 Å². The van der Waals surface area contributed by atoms with Crippen LogP contribution < -0.4 is 5.32 Å². The average molecular weight is 370 g/mol.